The highest BCUT2D eigenvalue weighted by atomic mass is 35.5. The Bertz CT molecular complexity index is 757. The van der Waals surface area contributed by atoms with E-state index in [-0.39, 0.29) is 0 Å². The molecular formula is C17H16Cl2N2. The second-order valence-electron chi connectivity index (χ2n) is 5.08. The lowest BCUT2D eigenvalue weighted by Gasteiger charge is -2.10. The predicted molar refractivity (Wildman–Crippen MR) is 90.3 cm³/mol. The maximum absolute atomic E-state index is 6.25. The molecule has 4 heteroatoms. The van der Waals surface area contributed by atoms with Gasteiger partial charge in [-0.1, -0.05) is 35.3 Å². The van der Waals surface area contributed by atoms with Gasteiger partial charge in [-0.2, -0.15) is 0 Å². The predicted octanol–water partition coefficient (Wildman–Crippen LogP) is 4.50. The van der Waals surface area contributed by atoms with E-state index in [0.29, 0.717) is 23.1 Å². The monoisotopic (exact) mass is 318 g/mol. The minimum Gasteiger partial charge on any atom is -0.343 e. The number of nitrogens with two attached hydrogens (primary N) is 1. The molecule has 3 aromatic rings. The molecular weight excluding hydrogens is 303 g/mol. The van der Waals surface area contributed by atoms with Crippen LogP contribution < -0.4 is 5.73 Å². The molecule has 1 heterocycles. The van der Waals surface area contributed by atoms with E-state index in [0.717, 1.165) is 12.0 Å². The van der Waals surface area contributed by atoms with Crippen molar-refractivity contribution in [3.63, 3.8) is 0 Å². The largest absolute Gasteiger partial charge is 0.343 e. The number of benzene rings is 2. The van der Waals surface area contributed by atoms with Crippen LogP contribution in [0.15, 0.2) is 48.7 Å². The zero-order valence-corrected chi connectivity index (χ0v) is 13.0. The Morgan fingerprint density at radius 2 is 1.76 bits per heavy atom. The van der Waals surface area contributed by atoms with E-state index in [4.69, 9.17) is 28.9 Å². The third kappa shape index (κ3) is 2.93. The van der Waals surface area contributed by atoms with Crippen LogP contribution >= 0.6 is 23.2 Å². The first-order chi connectivity index (χ1) is 10.2. The minimum atomic E-state index is 0.665. The van der Waals surface area contributed by atoms with Crippen LogP contribution in [0.2, 0.25) is 10.0 Å². The number of halogens is 2. The van der Waals surface area contributed by atoms with Gasteiger partial charge >= 0.3 is 0 Å². The van der Waals surface area contributed by atoms with Crippen LogP contribution in [-0.2, 0) is 13.0 Å². The van der Waals surface area contributed by atoms with Gasteiger partial charge in [0.1, 0.15) is 0 Å². The number of fused-ring (bicyclic) bond motifs is 1. The molecule has 0 saturated carbocycles. The third-order valence-electron chi connectivity index (χ3n) is 3.66. The highest BCUT2D eigenvalue weighted by Crippen LogP contribution is 2.27. The maximum Gasteiger partial charge on any atom is 0.0505 e. The smallest absolute Gasteiger partial charge is 0.0505 e. The summed E-state index contributed by atoms with van der Waals surface area (Å²) in [4.78, 5) is 0. The van der Waals surface area contributed by atoms with Gasteiger partial charge < -0.3 is 10.3 Å². The molecule has 2 nitrogen and oxygen atoms in total. The molecule has 0 aliphatic carbocycles. The van der Waals surface area contributed by atoms with Gasteiger partial charge in [0.15, 0.2) is 0 Å². The Morgan fingerprint density at radius 3 is 2.48 bits per heavy atom. The number of aromatic nitrogens is 1. The highest BCUT2D eigenvalue weighted by molar-refractivity contribution is 6.36. The van der Waals surface area contributed by atoms with Gasteiger partial charge in [0, 0.05) is 27.3 Å². The Hall–Kier alpha value is -1.48. The van der Waals surface area contributed by atoms with E-state index in [1.807, 2.05) is 18.2 Å². The molecule has 0 atom stereocenters. The molecule has 0 fully saturated rings. The van der Waals surface area contributed by atoms with Crippen LogP contribution in [0.25, 0.3) is 10.9 Å². The van der Waals surface area contributed by atoms with Crippen molar-refractivity contribution in [3.8, 4) is 0 Å². The van der Waals surface area contributed by atoms with Crippen molar-refractivity contribution >= 4 is 34.1 Å². The molecule has 0 aliphatic rings. The van der Waals surface area contributed by atoms with Crippen molar-refractivity contribution in [3.05, 3.63) is 69.8 Å². The summed E-state index contributed by atoms with van der Waals surface area (Å²) in [5.41, 5.74) is 8.99. The zero-order chi connectivity index (χ0) is 14.8. The quantitative estimate of drug-likeness (QED) is 0.754. The average Bonchev–Trinajstić information content (AvgIpc) is 2.86. The number of nitrogens with zero attached hydrogens (tertiary/aromatic N) is 1. The van der Waals surface area contributed by atoms with E-state index in [9.17, 15) is 0 Å². The SMILES string of the molecule is NCCc1ccc2c(ccn2Cc2c(Cl)cccc2Cl)c1. The minimum absolute atomic E-state index is 0.665. The topological polar surface area (TPSA) is 30.9 Å². The van der Waals surface area contributed by atoms with Crippen LogP contribution in [0.5, 0.6) is 0 Å². The zero-order valence-electron chi connectivity index (χ0n) is 11.5. The van der Waals surface area contributed by atoms with Crippen molar-refractivity contribution in [2.24, 2.45) is 5.73 Å². The first kappa shape index (κ1) is 14.5. The van der Waals surface area contributed by atoms with Crippen LogP contribution in [-0.4, -0.2) is 11.1 Å². The molecule has 0 aliphatic heterocycles. The summed E-state index contributed by atoms with van der Waals surface area (Å²) >= 11 is 12.5. The fourth-order valence-electron chi connectivity index (χ4n) is 2.56. The maximum atomic E-state index is 6.25. The molecule has 0 saturated heterocycles. The van der Waals surface area contributed by atoms with Gasteiger partial charge in [-0.25, -0.2) is 0 Å². The summed E-state index contributed by atoms with van der Waals surface area (Å²) in [7, 11) is 0. The second kappa shape index (κ2) is 6.10. The molecule has 21 heavy (non-hydrogen) atoms. The normalized spacial score (nSPS) is 11.2. The van der Waals surface area contributed by atoms with Gasteiger partial charge in [0.2, 0.25) is 0 Å². The molecule has 3 rings (SSSR count). The van der Waals surface area contributed by atoms with E-state index in [1.165, 1.54) is 16.5 Å². The number of hydrogen-bond acceptors (Lipinski definition) is 1. The Labute approximate surface area is 134 Å². The molecule has 0 amide bonds. The average molecular weight is 319 g/mol. The summed E-state index contributed by atoms with van der Waals surface area (Å²) in [6, 6.07) is 14.2. The molecule has 2 N–H and O–H groups in total. The fraction of sp³-hybridized carbons (Fsp3) is 0.176. The van der Waals surface area contributed by atoms with Crippen LogP contribution in [0.3, 0.4) is 0 Å². The van der Waals surface area contributed by atoms with Crippen molar-refractivity contribution in [1.29, 1.82) is 0 Å². The second-order valence-corrected chi connectivity index (χ2v) is 5.89. The number of hydrogen-bond donors (Lipinski definition) is 1. The Morgan fingerprint density at radius 1 is 1.00 bits per heavy atom. The highest BCUT2D eigenvalue weighted by Gasteiger charge is 2.08. The summed E-state index contributed by atoms with van der Waals surface area (Å²) < 4.78 is 2.16. The first-order valence-electron chi connectivity index (χ1n) is 6.90. The fourth-order valence-corrected chi connectivity index (χ4v) is 3.08. The number of rotatable bonds is 4. The van der Waals surface area contributed by atoms with E-state index in [2.05, 4.69) is 35.0 Å². The molecule has 2 aromatic carbocycles. The van der Waals surface area contributed by atoms with Crippen LogP contribution in [0.4, 0.5) is 0 Å². The van der Waals surface area contributed by atoms with Gasteiger partial charge in [0.05, 0.1) is 6.54 Å². The molecule has 1 aromatic heterocycles. The van der Waals surface area contributed by atoms with Gasteiger partial charge in [0.25, 0.3) is 0 Å². The van der Waals surface area contributed by atoms with Gasteiger partial charge in [-0.05, 0) is 54.2 Å². The van der Waals surface area contributed by atoms with E-state index < -0.39 is 0 Å². The first-order valence-corrected chi connectivity index (χ1v) is 7.65. The Kier molecular flexibility index (Phi) is 4.20. The lowest BCUT2D eigenvalue weighted by molar-refractivity contribution is 0.837. The molecule has 108 valence electrons. The van der Waals surface area contributed by atoms with E-state index in [1.54, 1.807) is 0 Å². The molecule has 0 unspecified atom stereocenters. The van der Waals surface area contributed by atoms with Gasteiger partial charge in [-0.15, -0.1) is 0 Å². The summed E-state index contributed by atoms with van der Waals surface area (Å²) in [6.07, 6.45) is 2.97. The summed E-state index contributed by atoms with van der Waals surface area (Å²) in [6.45, 7) is 1.33. The molecule has 0 spiro atoms. The lowest BCUT2D eigenvalue weighted by atomic mass is 10.1. The van der Waals surface area contributed by atoms with Crippen LogP contribution in [0.1, 0.15) is 11.1 Å². The van der Waals surface area contributed by atoms with Crippen molar-refractivity contribution in [1.82, 2.24) is 4.57 Å². The summed E-state index contributed by atoms with van der Waals surface area (Å²) in [5.74, 6) is 0. The van der Waals surface area contributed by atoms with Crippen molar-refractivity contribution in [2.75, 3.05) is 6.54 Å². The molecule has 0 bridgehead atoms. The van der Waals surface area contributed by atoms with Crippen molar-refractivity contribution < 1.29 is 0 Å². The van der Waals surface area contributed by atoms with E-state index >= 15 is 0 Å². The standard InChI is InChI=1S/C17H16Cl2N2/c18-15-2-1-3-16(19)14(15)11-21-9-7-13-10-12(6-8-20)4-5-17(13)21/h1-5,7,9-10H,6,8,11,20H2. The lowest BCUT2D eigenvalue weighted by Crippen LogP contribution is -2.03. The van der Waals surface area contributed by atoms with Crippen molar-refractivity contribution in [2.45, 2.75) is 13.0 Å². The Balaban J connectivity index is 1.98. The summed E-state index contributed by atoms with van der Waals surface area (Å²) in [5, 5.41) is 2.61. The van der Waals surface area contributed by atoms with Crippen LogP contribution in [0, 0.1) is 0 Å². The third-order valence-corrected chi connectivity index (χ3v) is 4.37. The molecule has 0 radical (unpaired) electrons. The van der Waals surface area contributed by atoms with Gasteiger partial charge in [-0.3, -0.25) is 0 Å².